The van der Waals surface area contributed by atoms with Crippen LogP contribution in [-0.2, 0) is 0 Å². The van der Waals surface area contributed by atoms with Crippen LogP contribution in [0.25, 0.3) is 0 Å². The average molecular weight is 202 g/mol. The number of hydrogen-bond acceptors (Lipinski definition) is 3. The largest absolute Gasteiger partial charge is 0.443 e. The lowest BCUT2D eigenvalue weighted by Gasteiger charge is -1.95. The summed E-state index contributed by atoms with van der Waals surface area (Å²) in [4.78, 5) is 10.3. The van der Waals surface area contributed by atoms with Crippen LogP contribution < -0.4 is 11.2 Å². The molecule has 2 amide bonds. The van der Waals surface area contributed by atoms with Crippen LogP contribution in [0, 0.1) is 0 Å². The Hall–Kier alpha value is -1.49. The van der Waals surface area contributed by atoms with E-state index in [4.69, 9.17) is 21.8 Å². The van der Waals surface area contributed by atoms with Crippen LogP contribution in [-0.4, -0.2) is 11.7 Å². The van der Waals surface area contributed by atoms with E-state index < -0.39 is 6.03 Å². The van der Waals surface area contributed by atoms with E-state index in [-0.39, 0.29) is 5.22 Å². The smallest absolute Gasteiger partial charge is 0.332 e. The second-order valence-corrected chi connectivity index (χ2v) is 2.65. The van der Waals surface area contributed by atoms with E-state index >= 15 is 0 Å². The van der Waals surface area contributed by atoms with Crippen molar-refractivity contribution in [3.63, 3.8) is 0 Å². The number of nitrogens with zero attached hydrogens (tertiary/aromatic N) is 1. The third kappa shape index (κ3) is 2.79. The monoisotopic (exact) mass is 201 g/mol. The van der Waals surface area contributed by atoms with Crippen molar-refractivity contribution >= 4 is 23.3 Å². The quantitative estimate of drug-likeness (QED) is 0.559. The minimum atomic E-state index is -0.725. The van der Waals surface area contributed by atoms with Crippen LogP contribution in [0.4, 0.5) is 4.79 Å². The van der Waals surface area contributed by atoms with E-state index in [1.807, 2.05) is 0 Å². The maximum Gasteiger partial charge on any atom is 0.332 e. The Morgan fingerprint density at radius 2 is 2.38 bits per heavy atom. The molecule has 0 aliphatic carbocycles. The summed E-state index contributed by atoms with van der Waals surface area (Å²) in [6, 6.07) is 2.50. The predicted octanol–water partition coefficient (Wildman–Crippen LogP) is 1.33. The zero-order valence-electron chi connectivity index (χ0n) is 6.87. The summed E-state index contributed by atoms with van der Waals surface area (Å²) >= 11 is 5.53. The van der Waals surface area contributed by atoms with Gasteiger partial charge in [-0.2, -0.15) is 5.10 Å². The molecule has 0 bridgehead atoms. The first kappa shape index (κ1) is 9.60. The third-order valence-electron chi connectivity index (χ3n) is 1.26. The molecule has 5 nitrogen and oxygen atoms in total. The van der Waals surface area contributed by atoms with Gasteiger partial charge in [0.1, 0.15) is 5.71 Å². The highest BCUT2D eigenvalue weighted by Gasteiger charge is 2.03. The molecule has 0 saturated carbocycles. The van der Waals surface area contributed by atoms with E-state index in [1.54, 1.807) is 19.1 Å². The lowest BCUT2D eigenvalue weighted by atomic mass is 10.3. The molecule has 0 fully saturated rings. The summed E-state index contributed by atoms with van der Waals surface area (Å²) in [5.74, 6) is 0.485. The van der Waals surface area contributed by atoms with Crippen LogP contribution in [0.1, 0.15) is 12.7 Å². The molecule has 1 rings (SSSR count). The van der Waals surface area contributed by atoms with Crippen molar-refractivity contribution in [3.05, 3.63) is 23.1 Å². The number of amides is 2. The van der Waals surface area contributed by atoms with Crippen molar-refractivity contribution in [2.24, 2.45) is 10.8 Å². The van der Waals surface area contributed by atoms with E-state index in [1.165, 1.54) is 0 Å². The van der Waals surface area contributed by atoms with Gasteiger partial charge in [-0.1, -0.05) is 0 Å². The van der Waals surface area contributed by atoms with Crippen molar-refractivity contribution in [1.82, 2.24) is 5.43 Å². The zero-order chi connectivity index (χ0) is 9.84. The highest BCUT2D eigenvalue weighted by atomic mass is 35.5. The van der Waals surface area contributed by atoms with Gasteiger partial charge >= 0.3 is 6.03 Å². The highest BCUT2D eigenvalue weighted by Crippen LogP contribution is 2.13. The standard InChI is InChI=1S/C7H8ClN3O2/c1-4(10-11-7(9)12)5-2-3-6(8)13-5/h2-3H,1H3,(H3,9,11,12)/b10-4-. The molecule has 3 N–H and O–H groups in total. The molecule has 0 aliphatic heterocycles. The number of rotatable bonds is 2. The van der Waals surface area contributed by atoms with Gasteiger partial charge in [-0.25, -0.2) is 10.2 Å². The first-order valence-electron chi connectivity index (χ1n) is 3.45. The van der Waals surface area contributed by atoms with Gasteiger partial charge in [0, 0.05) is 0 Å². The number of halogens is 1. The second kappa shape index (κ2) is 3.95. The lowest BCUT2D eigenvalue weighted by Crippen LogP contribution is -2.25. The van der Waals surface area contributed by atoms with Crippen LogP contribution in [0.3, 0.4) is 0 Å². The molecule has 70 valence electrons. The summed E-state index contributed by atoms with van der Waals surface area (Å²) in [6.07, 6.45) is 0. The number of carbonyl (C=O) groups excluding carboxylic acids is 1. The van der Waals surface area contributed by atoms with E-state index in [2.05, 4.69) is 10.5 Å². The van der Waals surface area contributed by atoms with Gasteiger partial charge < -0.3 is 10.2 Å². The van der Waals surface area contributed by atoms with E-state index in [9.17, 15) is 4.79 Å². The van der Waals surface area contributed by atoms with Crippen molar-refractivity contribution in [1.29, 1.82) is 0 Å². The fourth-order valence-corrected chi connectivity index (χ4v) is 0.849. The molecule has 0 aliphatic rings. The average Bonchev–Trinajstić information content (AvgIpc) is 2.47. The normalized spacial score (nSPS) is 11.4. The van der Waals surface area contributed by atoms with Crippen molar-refractivity contribution in [2.75, 3.05) is 0 Å². The van der Waals surface area contributed by atoms with E-state index in [0.29, 0.717) is 11.5 Å². The summed E-state index contributed by atoms with van der Waals surface area (Å²) in [5.41, 5.74) is 7.38. The maximum absolute atomic E-state index is 10.3. The first-order chi connectivity index (χ1) is 6.09. The number of urea groups is 1. The molecule has 0 unspecified atom stereocenters. The van der Waals surface area contributed by atoms with Gasteiger partial charge in [0.05, 0.1) is 0 Å². The van der Waals surface area contributed by atoms with E-state index in [0.717, 1.165) is 0 Å². The summed E-state index contributed by atoms with van der Waals surface area (Å²) < 4.78 is 5.02. The molecule has 1 aromatic rings. The van der Waals surface area contributed by atoms with Crippen molar-refractivity contribution in [3.8, 4) is 0 Å². The molecule has 0 saturated heterocycles. The lowest BCUT2D eigenvalue weighted by molar-refractivity contribution is 0.249. The fourth-order valence-electron chi connectivity index (χ4n) is 0.703. The van der Waals surface area contributed by atoms with Crippen molar-refractivity contribution in [2.45, 2.75) is 6.92 Å². The Labute approximate surface area is 79.5 Å². The first-order valence-corrected chi connectivity index (χ1v) is 3.83. The molecule has 1 aromatic heterocycles. The molecule has 13 heavy (non-hydrogen) atoms. The molecular formula is C7H8ClN3O2. The second-order valence-electron chi connectivity index (χ2n) is 2.28. The summed E-state index contributed by atoms with van der Waals surface area (Å²) in [5, 5.41) is 3.91. The highest BCUT2D eigenvalue weighted by molar-refractivity contribution is 6.29. The Balaban J connectivity index is 2.72. The molecule has 0 atom stereocenters. The zero-order valence-corrected chi connectivity index (χ0v) is 7.63. The van der Waals surface area contributed by atoms with Crippen LogP contribution in [0.2, 0.25) is 5.22 Å². The number of nitrogens with two attached hydrogens (primary N) is 1. The molecule has 0 radical (unpaired) electrons. The maximum atomic E-state index is 10.3. The number of hydrazone groups is 1. The Bertz CT molecular complexity index is 345. The van der Waals surface area contributed by atoms with Crippen LogP contribution >= 0.6 is 11.6 Å². The van der Waals surface area contributed by atoms with Gasteiger partial charge in [0.2, 0.25) is 0 Å². The predicted molar refractivity (Wildman–Crippen MR) is 48.6 cm³/mol. The summed E-state index contributed by atoms with van der Waals surface area (Å²) in [6.45, 7) is 1.66. The molecule has 1 heterocycles. The molecular weight excluding hydrogens is 194 g/mol. The van der Waals surface area contributed by atoms with Crippen LogP contribution in [0.5, 0.6) is 0 Å². The fraction of sp³-hybridized carbons (Fsp3) is 0.143. The number of furan rings is 1. The minimum Gasteiger partial charge on any atom is -0.443 e. The number of hydrogen-bond donors (Lipinski definition) is 2. The van der Waals surface area contributed by atoms with Gasteiger partial charge in [-0.15, -0.1) is 0 Å². The Morgan fingerprint density at radius 3 is 2.85 bits per heavy atom. The number of nitrogens with one attached hydrogen (secondary N) is 1. The third-order valence-corrected chi connectivity index (χ3v) is 1.47. The SMILES string of the molecule is C/C(=N/NC(N)=O)c1ccc(Cl)o1. The van der Waals surface area contributed by atoms with Crippen LogP contribution in [0.15, 0.2) is 21.7 Å². The van der Waals surface area contributed by atoms with Gasteiger partial charge in [-0.05, 0) is 30.7 Å². The molecule has 6 heteroatoms. The van der Waals surface area contributed by atoms with Gasteiger partial charge in [-0.3, -0.25) is 0 Å². The summed E-state index contributed by atoms with van der Waals surface area (Å²) in [7, 11) is 0. The Kier molecular flexibility index (Phi) is 2.92. The topological polar surface area (TPSA) is 80.6 Å². The molecule has 0 spiro atoms. The molecule has 0 aromatic carbocycles. The van der Waals surface area contributed by atoms with Gasteiger partial charge in [0.25, 0.3) is 0 Å². The van der Waals surface area contributed by atoms with Crippen molar-refractivity contribution < 1.29 is 9.21 Å². The number of carbonyl (C=O) groups is 1. The minimum absolute atomic E-state index is 0.267. The van der Waals surface area contributed by atoms with Gasteiger partial charge in [0.15, 0.2) is 11.0 Å². The Morgan fingerprint density at radius 1 is 1.69 bits per heavy atom. The number of primary amides is 1.